The fraction of sp³-hybridized carbons (Fsp3) is 0.391. The molecule has 0 fully saturated rings. The Morgan fingerprint density at radius 2 is 1.96 bits per heavy atom. The summed E-state index contributed by atoms with van der Waals surface area (Å²) in [5, 5.41) is 4.47. The number of ketones is 1. The molecule has 0 amide bonds. The number of benzene rings is 1. The van der Waals surface area contributed by atoms with Crippen molar-refractivity contribution in [1.82, 2.24) is 0 Å². The number of allylic oxidation sites excluding steroid dienone is 2. The van der Waals surface area contributed by atoms with Crippen molar-refractivity contribution in [2.24, 2.45) is 5.41 Å². The van der Waals surface area contributed by atoms with E-state index in [4.69, 9.17) is 4.74 Å². The first kappa shape index (κ1) is 18.9. The minimum Gasteiger partial charge on any atom is -0.462 e. The first-order valence-corrected chi connectivity index (χ1v) is 10.5. The molecule has 2 aliphatic rings. The Balaban J connectivity index is 1.91. The molecule has 1 N–H and O–H groups in total. The van der Waals surface area contributed by atoms with Crippen LogP contribution in [0.5, 0.6) is 0 Å². The first-order valence-electron chi connectivity index (χ1n) is 9.71. The van der Waals surface area contributed by atoms with Crippen LogP contribution >= 0.6 is 11.3 Å². The summed E-state index contributed by atoms with van der Waals surface area (Å²) in [5.41, 5.74) is 4.81. The van der Waals surface area contributed by atoms with Gasteiger partial charge in [-0.2, -0.15) is 0 Å². The zero-order valence-corrected chi connectivity index (χ0v) is 17.5. The topological polar surface area (TPSA) is 55.4 Å². The Labute approximate surface area is 169 Å². The molecule has 0 unspecified atom stereocenters. The van der Waals surface area contributed by atoms with E-state index >= 15 is 0 Å². The van der Waals surface area contributed by atoms with E-state index in [1.807, 2.05) is 32.0 Å². The smallest absolute Gasteiger partial charge is 0.348 e. The van der Waals surface area contributed by atoms with E-state index in [1.54, 1.807) is 0 Å². The van der Waals surface area contributed by atoms with Crippen molar-refractivity contribution < 1.29 is 14.3 Å². The zero-order chi connectivity index (χ0) is 20.1. The molecule has 1 aromatic carbocycles. The van der Waals surface area contributed by atoms with Crippen molar-refractivity contribution in [2.75, 3.05) is 11.9 Å². The number of fused-ring (bicyclic) bond motifs is 1. The second-order valence-corrected chi connectivity index (χ2v) is 9.34. The molecule has 4 nitrogen and oxygen atoms in total. The molecular formula is C23H25NO3S. The molecule has 28 heavy (non-hydrogen) atoms. The highest BCUT2D eigenvalue weighted by Crippen LogP contribution is 2.52. The highest BCUT2D eigenvalue weighted by Gasteiger charge is 2.42. The maximum Gasteiger partial charge on any atom is 0.348 e. The Morgan fingerprint density at radius 1 is 1.25 bits per heavy atom. The van der Waals surface area contributed by atoms with Gasteiger partial charge in [0.1, 0.15) is 4.88 Å². The van der Waals surface area contributed by atoms with Gasteiger partial charge in [0.2, 0.25) is 0 Å². The van der Waals surface area contributed by atoms with E-state index < -0.39 is 0 Å². The van der Waals surface area contributed by atoms with E-state index in [0.29, 0.717) is 17.9 Å². The molecule has 2 aromatic rings. The van der Waals surface area contributed by atoms with Crippen LogP contribution in [0.3, 0.4) is 0 Å². The molecule has 2 heterocycles. The fourth-order valence-corrected chi connectivity index (χ4v) is 5.56. The van der Waals surface area contributed by atoms with E-state index in [0.717, 1.165) is 39.4 Å². The van der Waals surface area contributed by atoms with Crippen molar-refractivity contribution in [3.8, 4) is 0 Å². The zero-order valence-electron chi connectivity index (χ0n) is 16.7. The van der Waals surface area contributed by atoms with Crippen LogP contribution in [0, 0.1) is 12.3 Å². The number of carbonyl (C=O) groups excluding carboxylic acids is 2. The minimum atomic E-state index is -0.294. The van der Waals surface area contributed by atoms with Crippen molar-refractivity contribution in [1.29, 1.82) is 0 Å². The van der Waals surface area contributed by atoms with Crippen molar-refractivity contribution in [2.45, 2.75) is 46.5 Å². The van der Waals surface area contributed by atoms with Crippen molar-refractivity contribution in [3.05, 3.63) is 63.2 Å². The third-order valence-corrected chi connectivity index (χ3v) is 6.75. The van der Waals surface area contributed by atoms with Gasteiger partial charge in [-0.05, 0) is 36.8 Å². The van der Waals surface area contributed by atoms with Crippen LogP contribution < -0.4 is 5.32 Å². The lowest BCUT2D eigenvalue weighted by Crippen LogP contribution is -2.33. The van der Waals surface area contributed by atoms with Gasteiger partial charge in [-0.3, -0.25) is 4.79 Å². The Hall–Kier alpha value is -2.40. The number of hydrogen-bond acceptors (Lipinski definition) is 5. The standard InChI is InChI=1S/C23H25NO3S/c1-5-27-22(26)20-13(2)17-18(14-9-7-6-8-10-14)19-15(24-21(17)28-20)11-23(3,4)12-16(19)25/h6-10,18,24H,5,11-12H2,1-4H3/t18-/m1/s1. The number of thiophene rings is 1. The third kappa shape index (κ3) is 3.08. The Bertz CT molecular complexity index is 985. The molecular weight excluding hydrogens is 370 g/mol. The monoisotopic (exact) mass is 395 g/mol. The van der Waals surface area contributed by atoms with E-state index in [9.17, 15) is 9.59 Å². The fourth-order valence-electron chi connectivity index (χ4n) is 4.40. The summed E-state index contributed by atoms with van der Waals surface area (Å²) in [5.74, 6) is -0.241. The number of rotatable bonds is 3. The lowest BCUT2D eigenvalue weighted by atomic mass is 9.69. The summed E-state index contributed by atoms with van der Waals surface area (Å²) < 4.78 is 5.26. The Morgan fingerprint density at radius 3 is 2.64 bits per heavy atom. The minimum absolute atomic E-state index is 0.0715. The lowest BCUT2D eigenvalue weighted by Gasteiger charge is -2.38. The van der Waals surface area contributed by atoms with Gasteiger partial charge in [-0.15, -0.1) is 11.3 Å². The van der Waals surface area contributed by atoms with E-state index in [2.05, 4.69) is 31.3 Å². The normalized spacial score (nSPS) is 20.3. The van der Waals surface area contributed by atoms with Crippen LogP contribution in [0.4, 0.5) is 5.00 Å². The van der Waals surface area contributed by atoms with Gasteiger partial charge in [0.25, 0.3) is 0 Å². The number of anilines is 1. The van der Waals surface area contributed by atoms with Gasteiger partial charge in [0, 0.05) is 29.2 Å². The number of carbonyl (C=O) groups is 2. The van der Waals surface area contributed by atoms with Crippen LogP contribution in [0.2, 0.25) is 0 Å². The summed E-state index contributed by atoms with van der Waals surface area (Å²) in [6.45, 7) is 8.38. The molecule has 0 radical (unpaired) electrons. The summed E-state index contributed by atoms with van der Waals surface area (Å²) in [6, 6.07) is 10.1. The maximum atomic E-state index is 13.2. The van der Waals surface area contributed by atoms with Gasteiger partial charge in [-0.25, -0.2) is 4.79 Å². The van der Waals surface area contributed by atoms with Gasteiger partial charge >= 0.3 is 5.97 Å². The van der Waals surface area contributed by atoms with Gasteiger partial charge in [0.05, 0.1) is 11.6 Å². The predicted octanol–water partition coefficient (Wildman–Crippen LogP) is 5.43. The highest BCUT2D eigenvalue weighted by atomic mass is 32.1. The molecule has 0 saturated heterocycles. The quantitative estimate of drug-likeness (QED) is 0.704. The lowest BCUT2D eigenvalue weighted by molar-refractivity contribution is -0.118. The van der Waals surface area contributed by atoms with Gasteiger partial charge < -0.3 is 10.1 Å². The molecule has 1 aliphatic carbocycles. The third-order valence-electron chi connectivity index (χ3n) is 5.55. The summed E-state index contributed by atoms with van der Waals surface area (Å²) in [7, 11) is 0. The maximum absolute atomic E-state index is 13.2. The molecule has 0 bridgehead atoms. The van der Waals surface area contributed by atoms with E-state index in [1.165, 1.54) is 11.3 Å². The van der Waals surface area contributed by atoms with Gasteiger partial charge in [0.15, 0.2) is 5.78 Å². The second-order valence-electron chi connectivity index (χ2n) is 8.32. The number of nitrogens with one attached hydrogen (secondary N) is 1. The summed E-state index contributed by atoms with van der Waals surface area (Å²) in [6.07, 6.45) is 1.36. The van der Waals surface area contributed by atoms with Crippen LogP contribution in [-0.4, -0.2) is 18.4 Å². The average molecular weight is 396 g/mol. The second kappa shape index (κ2) is 6.89. The van der Waals surface area contributed by atoms with Crippen LogP contribution in [0.1, 0.15) is 65.9 Å². The summed E-state index contributed by atoms with van der Waals surface area (Å²) >= 11 is 1.43. The average Bonchev–Trinajstić information content (AvgIpc) is 2.96. The Kier molecular flexibility index (Phi) is 4.66. The number of Topliss-reactive ketones (excluding diaryl/α,β-unsaturated/α-hetero) is 1. The first-order chi connectivity index (χ1) is 13.3. The van der Waals surface area contributed by atoms with Crippen molar-refractivity contribution in [3.63, 3.8) is 0 Å². The highest BCUT2D eigenvalue weighted by molar-refractivity contribution is 7.18. The summed E-state index contributed by atoms with van der Waals surface area (Å²) in [4.78, 5) is 26.3. The molecule has 5 heteroatoms. The van der Waals surface area contributed by atoms with E-state index in [-0.39, 0.29) is 23.1 Å². The molecule has 4 rings (SSSR count). The molecule has 146 valence electrons. The largest absolute Gasteiger partial charge is 0.462 e. The molecule has 0 spiro atoms. The van der Waals surface area contributed by atoms with Crippen LogP contribution in [-0.2, 0) is 9.53 Å². The predicted molar refractivity (Wildman–Crippen MR) is 112 cm³/mol. The molecule has 1 aromatic heterocycles. The van der Waals surface area contributed by atoms with Crippen molar-refractivity contribution >= 4 is 28.1 Å². The molecule has 1 atom stereocenters. The van der Waals surface area contributed by atoms with Crippen LogP contribution in [0.25, 0.3) is 0 Å². The SMILES string of the molecule is CCOC(=O)c1sc2c(c1C)[C@@H](c1ccccc1)C1=C(CC(C)(C)CC1=O)N2. The molecule has 1 aliphatic heterocycles. The number of ether oxygens (including phenoxy) is 1. The number of hydrogen-bond donors (Lipinski definition) is 1. The van der Waals surface area contributed by atoms with Gasteiger partial charge in [-0.1, -0.05) is 44.2 Å². The number of esters is 1. The molecule has 0 saturated carbocycles. The van der Waals surface area contributed by atoms with Crippen LogP contribution in [0.15, 0.2) is 41.6 Å².